The third-order valence-corrected chi connectivity index (χ3v) is 7.90. The summed E-state index contributed by atoms with van der Waals surface area (Å²) in [5.41, 5.74) is 0.642. The number of rotatable bonds is 5. The van der Waals surface area contributed by atoms with Gasteiger partial charge in [0.1, 0.15) is 12.2 Å². The minimum Gasteiger partial charge on any atom is -0.459 e. The minimum atomic E-state index is -1.05. The summed E-state index contributed by atoms with van der Waals surface area (Å²) in [7, 11) is 0. The van der Waals surface area contributed by atoms with Crippen LogP contribution in [0.1, 0.15) is 97.8 Å². The van der Waals surface area contributed by atoms with Crippen molar-refractivity contribution < 1.29 is 45.3 Å². The van der Waals surface area contributed by atoms with E-state index in [-0.39, 0.29) is 38.5 Å². The van der Waals surface area contributed by atoms with E-state index in [2.05, 4.69) is 6.92 Å². The normalized spacial score (nSPS) is 37.4. The third-order valence-electron chi connectivity index (χ3n) is 7.90. The molecule has 252 valence electrons. The van der Waals surface area contributed by atoms with E-state index in [0.717, 1.165) is 25.7 Å². The molecular weight excluding hydrogens is 564 g/mol. The Balaban J connectivity index is 3.00. The summed E-state index contributed by atoms with van der Waals surface area (Å²) in [5.74, 6) is -0.873. The van der Waals surface area contributed by atoms with E-state index < -0.39 is 60.7 Å². The van der Waals surface area contributed by atoms with Crippen LogP contribution in [0.25, 0.3) is 0 Å². The van der Waals surface area contributed by atoms with Gasteiger partial charge in [0.15, 0.2) is 0 Å². The quantitative estimate of drug-likeness (QED) is 0.177. The van der Waals surface area contributed by atoms with E-state index in [1.54, 1.807) is 68.5 Å². The molecule has 0 aromatic heterocycles. The molecule has 9 heteroatoms. The van der Waals surface area contributed by atoms with Gasteiger partial charge in [-0.15, -0.1) is 0 Å². The van der Waals surface area contributed by atoms with Gasteiger partial charge in [0.05, 0.1) is 42.5 Å². The molecule has 0 aromatic carbocycles. The van der Waals surface area contributed by atoms with E-state index in [0.29, 0.717) is 18.4 Å². The van der Waals surface area contributed by atoms with Crippen LogP contribution in [0.4, 0.5) is 0 Å². The molecule has 1 aliphatic heterocycles. The molecule has 0 bridgehead atoms. The first-order valence-corrected chi connectivity index (χ1v) is 16.2. The number of aliphatic hydroxyl groups excluding tert-OH is 7. The van der Waals surface area contributed by atoms with Gasteiger partial charge in [0.2, 0.25) is 0 Å². The molecule has 0 fully saturated rings. The molecule has 1 aliphatic rings. The second kappa shape index (κ2) is 23.3. The van der Waals surface area contributed by atoms with Crippen LogP contribution in [0.5, 0.6) is 0 Å². The largest absolute Gasteiger partial charge is 0.459 e. The van der Waals surface area contributed by atoms with Gasteiger partial charge >= 0.3 is 5.97 Å². The Hall–Kier alpha value is -2.11. The average Bonchev–Trinajstić information content (AvgIpc) is 2.94. The highest BCUT2D eigenvalue weighted by molar-refractivity contribution is 5.72. The van der Waals surface area contributed by atoms with Gasteiger partial charge < -0.3 is 40.5 Å². The third kappa shape index (κ3) is 18.6. The lowest BCUT2D eigenvalue weighted by Gasteiger charge is -2.24. The van der Waals surface area contributed by atoms with E-state index >= 15 is 0 Å². The molecular formula is C35H58O9. The van der Waals surface area contributed by atoms with Gasteiger partial charge in [-0.1, -0.05) is 87.3 Å². The topological polar surface area (TPSA) is 168 Å². The summed E-state index contributed by atoms with van der Waals surface area (Å²) in [6.07, 6.45) is 13.0. The van der Waals surface area contributed by atoms with Crippen molar-refractivity contribution in [2.45, 2.75) is 147 Å². The monoisotopic (exact) mass is 622 g/mol. The first-order valence-electron chi connectivity index (χ1n) is 16.2. The number of aliphatic hydroxyl groups is 7. The molecule has 1 rings (SSSR count). The SMILES string of the molecule is CCCCCC[C@@H]1CC[C@@H](O)C[C@H](O)C[C@@H](O)C[C@H](O)C[C@@H](O)C[C@H](O)/C(C)=C/C=C/C=C/C=C/C=C/[C@H](O)[C@@H](C)OC1=O. The highest BCUT2D eigenvalue weighted by Crippen LogP contribution is 2.23. The summed E-state index contributed by atoms with van der Waals surface area (Å²) in [6, 6.07) is 0. The van der Waals surface area contributed by atoms with Gasteiger partial charge in [-0.3, -0.25) is 4.79 Å². The van der Waals surface area contributed by atoms with Crippen molar-refractivity contribution in [3.8, 4) is 0 Å². The summed E-state index contributed by atoms with van der Waals surface area (Å²) in [4.78, 5) is 13.0. The zero-order valence-corrected chi connectivity index (χ0v) is 26.8. The minimum absolute atomic E-state index is 0.00223. The highest BCUT2D eigenvalue weighted by atomic mass is 16.6. The molecule has 0 radical (unpaired) electrons. The van der Waals surface area contributed by atoms with Crippen LogP contribution in [0.3, 0.4) is 0 Å². The van der Waals surface area contributed by atoms with Crippen LogP contribution in [0.15, 0.2) is 60.3 Å². The van der Waals surface area contributed by atoms with Crippen LogP contribution in [-0.4, -0.2) is 90.5 Å². The van der Waals surface area contributed by atoms with Crippen molar-refractivity contribution in [1.29, 1.82) is 0 Å². The Kier molecular flexibility index (Phi) is 21.1. The summed E-state index contributed by atoms with van der Waals surface area (Å²) in [5, 5.41) is 73.0. The van der Waals surface area contributed by atoms with Gasteiger partial charge in [-0.25, -0.2) is 0 Å². The maximum atomic E-state index is 13.0. The first kappa shape index (κ1) is 39.9. The molecule has 0 spiro atoms. The second-order valence-electron chi connectivity index (χ2n) is 12.2. The Labute approximate surface area is 264 Å². The molecule has 7 N–H and O–H groups in total. The standard InChI is InChI=1S/C35H58O9/c1-4-5-6-13-16-27-18-19-28(36)20-29(37)21-30(38)22-31(39)23-32(40)24-34(42)25(2)15-12-10-8-7-9-11-14-17-33(41)26(3)44-35(27)43/h7-12,14-15,17,26-34,36-42H,4-6,13,16,18-24H2,1-3H3/b8-7+,11-9+,12-10+,17-14+,25-15+/t26-,27-,28-,29+,30-,31+,32-,33+,34+/m1/s1. The van der Waals surface area contributed by atoms with Crippen molar-refractivity contribution in [1.82, 2.24) is 0 Å². The molecule has 9 atom stereocenters. The fraction of sp³-hybridized carbons (Fsp3) is 0.686. The predicted molar refractivity (Wildman–Crippen MR) is 172 cm³/mol. The van der Waals surface area contributed by atoms with Crippen molar-refractivity contribution >= 4 is 5.97 Å². The number of hydrogen-bond donors (Lipinski definition) is 7. The fourth-order valence-electron chi connectivity index (χ4n) is 5.12. The average molecular weight is 623 g/mol. The van der Waals surface area contributed by atoms with Crippen LogP contribution >= 0.6 is 0 Å². The zero-order valence-electron chi connectivity index (χ0n) is 26.8. The number of allylic oxidation sites excluding steroid dienone is 8. The molecule has 0 saturated heterocycles. The Morgan fingerprint density at radius 2 is 1.20 bits per heavy atom. The Morgan fingerprint density at radius 1 is 0.682 bits per heavy atom. The summed E-state index contributed by atoms with van der Waals surface area (Å²) < 4.78 is 5.60. The van der Waals surface area contributed by atoms with Crippen molar-refractivity contribution in [3.63, 3.8) is 0 Å². The van der Waals surface area contributed by atoms with Crippen molar-refractivity contribution in [2.24, 2.45) is 5.92 Å². The number of carbonyl (C=O) groups is 1. The lowest BCUT2D eigenvalue weighted by Crippen LogP contribution is -2.31. The molecule has 44 heavy (non-hydrogen) atoms. The lowest BCUT2D eigenvalue weighted by atomic mass is 9.92. The molecule has 0 saturated carbocycles. The van der Waals surface area contributed by atoms with E-state index in [4.69, 9.17) is 4.74 Å². The van der Waals surface area contributed by atoms with E-state index in [1.807, 2.05) is 0 Å². The lowest BCUT2D eigenvalue weighted by molar-refractivity contribution is -0.158. The smallest absolute Gasteiger partial charge is 0.309 e. The highest BCUT2D eigenvalue weighted by Gasteiger charge is 2.26. The van der Waals surface area contributed by atoms with Crippen molar-refractivity contribution in [2.75, 3.05) is 0 Å². The molecule has 9 nitrogen and oxygen atoms in total. The number of ether oxygens (including phenoxy) is 1. The van der Waals surface area contributed by atoms with Crippen LogP contribution in [0, 0.1) is 5.92 Å². The van der Waals surface area contributed by atoms with E-state index in [1.165, 1.54) is 0 Å². The Bertz CT molecular complexity index is 925. The maximum Gasteiger partial charge on any atom is 0.309 e. The van der Waals surface area contributed by atoms with Gasteiger partial charge in [0.25, 0.3) is 0 Å². The van der Waals surface area contributed by atoms with Gasteiger partial charge in [-0.2, -0.15) is 0 Å². The van der Waals surface area contributed by atoms with Gasteiger partial charge in [0, 0.05) is 6.42 Å². The Morgan fingerprint density at radius 3 is 1.80 bits per heavy atom. The molecule has 0 amide bonds. The molecule has 0 aromatic rings. The number of hydrogen-bond acceptors (Lipinski definition) is 9. The second-order valence-corrected chi connectivity index (χ2v) is 12.2. The van der Waals surface area contributed by atoms with Crippen LogP contribution < -0.4 is 0 Å². The van der Waals surface area contributed by atoms with Crippen molar-refractivity contribution in [3.05, 3.63) is 60.3 Å². The molecule has 0 aliphatic carbocycles. The van der Waals surface area contributed by atoms with Crippen LogP contribution in [0.2, 0.25) is 0 Å². The van der Waals surface area contributed by atoms with Crippen LogP contribution in [-0.2, 0) is 9.53 Å². The van der Waals surface area contributed by atoms with E-state index in [9.17, 15) is 40.5 Å². The number of unbranched alkanes of at least 4 members (excludes halogenated alkanes) is 3. The number of carbonyl (C=O) groups excluding carboxylic acids is 1. The molecule has 1 heterocycles. The summed E-state index contributed by atoms with van der Waals surface area (Å²) in [6.45, 7) is 5.48. The number of cyclic esters (lactones) is 1. The first-order chi connectivity index (χ1) is 20.9. The maximum absolute atomic E-state index is 13.0. The number of esters is 1. The summed E-state index contributed by atoms with van der Waals surface area (Å²) >= 11 is 0. The fourth-order valence-corrected chi connectivity index (χ4v) is 5.12. The van der Waals surface area contributed by atoms with Gasteiger partial charge in [-0.05, 0) is 64.4 Å². The predicted octanol–water partition coefficient (Wildman–Crippen LogP) is 3.95. The zero-order chi connectivity index (χ0) is 32.9. The molecule has 0 unspecified atom stereocenters.